The van der Waals surface area contributed by atoms with E-state index in [0.29, 0.717) is 10.7 Å². The molecule has 0 aliphatic heterocycles. The van der Waals surface area contributed by atoms with E-state index < -0.39 is 17.2 Å². The summed E-state index contributed by atoms with van der Waals surface area (Å²) in [5, 5.41) is 11.9. The van der Waals surface area contributed by atoms with Gasteiger partial charge < -0.3 is 15.4 Å². The minimum Gasteiger partial charge on any atom is -0.395 e. The van der Waals surface area contributed by atoms with Crippen LogP contribution >= 0.6 is 11.6 Å². The summed E-state index contributed by atoms with van der Waals surface area (Å²) in [6, 6.07) is 10.9. The highest BCUT2D eigenvalue weighted by Gasteiger charge is 2.15. The number of nitrogens with one attached hydrogen (secondary N) is 2. The number of amides is 1. The van der Waals surface area contributed by atoms with Crippen molar-refractivity contribution in [3.05, 3.63) is 73.9 Å². The van der Waals surface area contributed by atoms with Gasteiger partial charge in [-0.25, -0.2) is 9.36 Å². The molecule has 1 amide bonds. The summed E-state index contributed by atoms with van der Waals surface area (Å²) in [7, 11) is 0. The maximum atomic E-state index is 12.8. The molecule has 0 aliphatic carbocycles. The summed E-state index contributed by atoms with van der Waals surface area (Å²) in [6.07, 6.45) is 0. The Morgan fingerprint density at radius 3 is 2.68 bits per heavy atom. The number of hydrogen-bond acceptors (Lipinski definition) is 4. The lowest BCUT2D eigenvalue weighted by atomic mass is 10.1. The molecular weight excluding hydrogens is 346 g/mol. The number of carbonyl (C=O) groups is 1. The molecule has 3 aromatic rings. The van der Waals surface area contributed by atoms with Gasteiger partial charge in [-0.05, 0) is 30.3 Å². The van der Waals surface area contributed by atoms with Crippen LogP contribution in [0.15, 0.2) is 52.1 Å². The highest BCUT2D eigenvalue weighted by atomic mass is 35.5. The first kappa shape index (κ1) is 16.9. The molecule has 7 nitrogen and oxygen atoms in total. The fraction of sp³-hybridized carbons (Fsp3) is 0.118. The molecule has 3 N–H and O–H groups in total. The van der Waals surface area contributed by atoms with Crippen molar-refractivity contribution >= 4 is 28.4 Å². The van der Waals surface area contributed by atoms with Gasteiger partial charge in [0.2, 0.25) is 0 Å². The predicted molar refractivity (Wildman–Crippen MR) is 94.6 cm³/mol. The van der Waals surface area contributed by atoms with Crippen molar-refractivity contribution < 1.29 is 9.90 Å². The lowest BCUT2D eigenvalue weighted by Crippen LogP contribution is -2.35. The number of hydrogen-bond donors (Lipinski definition) is 3. The van der Waals surface area contributed by atoms with Crippen molar-refractivity contribution in [2.24, 2.45) is 0 Å². The summed E-state index contributed by atoms with van der Waals surface area (Å²) in [5.41, 5.74) is -0.611. The summed E-state index contributed by atoms with van der Waals surface area (Å²) < 4.78 is 0.962. The van der Waals surface area contributed by atoms with Crippen molar-refractivity contribution in [1.82, 2.24) is 14.9 Å². The second-order valence-corrected chi connectivity index (χ2v) is 5.69. The number of H-pyrrole nitrogens is 1. The highest BCUT2D eigenvalue weighted by Crippen LogP contribution is 2.15. The maximum absolute atomic E-state index is 12.8. The van der Waals surface area contributed by atoms with E-state index in [-0.39, 0.29) is 29.6 Å². The van der Waals surface area contributed by atoms with Crippen LogP contribution in [0.2, 0.25) is 5.02 Å². The summed E-state index contributed by atoms with van der Waals surface area (Å²) >= 11 is 5.93. The van der Waals surface area contributed by atoms with Gasteiger partial charge in [-0.3, -0.25) is 9.59 Å². The van der Waals surface area contributed by atoms with Gasteiger partial charge in [0.25, 0.3) is 11.5 Å². The van der Waals surface area contributed by atoms with Crippen LogP contribution in [-0.2, 0) is 0 Å². The van der Waals surface area contributed by atoms with Gasteiger partial charge in [-0.2, -0.15) is 0 Å². The van der Waals surface area contributed by atoms with E-state index in [4.69, 9.17) is 16.7 Å². The first-order valence-corrected chi connectivity index (χ1v) is 7.84. The van der Waals surface area contributed by atoms with E-state index in [9.17, 15) is 14.4 Å². The molecule has 0 atom stereocenters. The number of rotatable bonds is 4. The summed E-state index contributed by atoms with van der Waals surface area (Å²) in [4.78, 5) is 40.0. The van der Waals surface area contributed by atoms with E-state index >= 15 is 0 Å². The third-order valence-electron chi connectivity index (χ3n) is 3.64. The predicted octanol–water partition coefficient (Wildman–Crippen LogP) is 1.05. The molecule has 0 saturated heterocycles. The molecule has 0 spiro atoms. The lowest BCUT2D eigenvalue weighted by Gasteiger charge is -2.10. The van der Waals surface area contributed by atoms with Gasteiger partial charge in [0.15, 0.2) is 0 Å². The third kappa shape index (κ3) is 3.19. The molecule has 0 unspecified atom stereocenters. The zero-order valence-electron chi connectivity index (χ0n) is 13.0. The van der Waals surface area contributed by atoms with Gasteiger partial charge in [0.1, 0.15) is 0 Å². The largest absolute Gasteiger partial charge is 0.395 e. The van der Waals surface area contributed by atoms with Crippen molar-refractivity contribution in [2.75, 3.05) is 13.2 Å². The Bertz CT molecular complexity index is 1070. The average molecular weight is 360 g/mol. The third-order valence-corrected chi connectivity index (χ3v) is 3.88. The molecule has 3 rings (SSSR count). The Morgan fingerprint density at radius 1 is 1.20 bits per heavy atom. The Balaban J connectivity index is 2.24. The Morgan fingerprint density at radius 2 is 1.96 bits per heavy atom. The molecule has 0 saturated carbocycles. The number of aliphatic hydroxyl groups is 1. The van der Waals surface area contributed by atoms with Crippen LogP contribution < -0.4 is 16.6 Å². The molecule has 1 aromatic heterocycles. The van der Waals surface area contributed by atoms with Crippen molar-refractivity contribution in [3.8, 4) is 5.69 Å². The Hall–Kier alpha value is -2.90. The van der Waals surface area contributed by atoms with Gasteiger partial charge in [0, 0.05) is 11.6 Å². The van der Waals surface area contributed by atoms with Crippen LogP contribution in [0, 0.1) is 0 Å². The van der Waals surface area contributed by atoms with Gasteiger partial charge >= 0.3 is 5.69 Å². The number of aromatic nitrogens is 2. The number of halogens is 1. The van der Waals surface area contributed by atoms with Crippen LogP contribution in [0.3, 0.4) is 0 Å². The van der Waals surface area contributed by atoms with Crippen LogP contribution in [0.25, 0.3) is 16.6 Å². The van der Waals surface area contributed by atoms with Crippen molar-refractivity contribution in [3.63, 3.8) is 0 Å². The number of aromatic amines is 1. The smallest absolute Gasteiger partial charge is 0.333 e. The maximum Gasteiger partial charge on any atom is 0.333 e. The first-order valence-electron chi connectivity index (χ1n) is 7.46. The summed E-state index contributed by atoms with van der Waals surface area (Å²) in [6.45, 7) is -0.145. The second-order valence-electron chi connectivity index (χ2n) is 5.26. The van der Waals surface area contributed by atoms with Crippen LogP contribution in [0.5, 0.6) is 0 Å². The fourth-order valence-electron chi connectivity index (χ4n) is 2.54. The highest BCUT2D eigenvalue weighted by molar-refractivity contribution is 6.30. The molecule has 0 radical (unpaired) electrons. The molecule has 2 aromatic carbocycles. The molecular formula is C17H14ClN3O4. The number of carbonyl (C=O) groups excluding carboxylic acids is 1. The molecule has 0 aliphatic rings. The number of nitrogens with zero attached hydrogens (tertiary/aromatic N) is 1. The molecule has 1 heterocycles. The molecule has 128 valence electrons. The normalized spacial score (nSPS) is 10.8. The average Bonchev–Trinajstić information content (AvgIpc) is 2.59. The standard InChI is InChI=1S/C17H14ClN3O4/c18-10-3-1-4-11(9-10)21-16(24)13-6-2-5-12(14(13)20-17(21)25)15(23)19-7-8-22/h1-6,9,22H,7-8H2,(H,19,23)(H,20,25). The topological polar surface area (TPSA) is 104 Å². The minimum atomic E-state index is -0.679. The first-order chi connectivity index (χ1) is 12.0. The van der Waals surface area contributed by atoms with E-state index in [1.54, 1.807) is 24.3 Å². The van der Waals surface area contributed by atoms with Gasteiger partial charge in [0.05, 0.1) is 28.8 Å². The monoisotopic (exact) mass is 359 g/mol. The summed E-state index contributed by atoms with van der Waals surface area (Å²) in [5.74, 6) is -0.491. The SMILES string of the molecule is O=C(NCCO)c1cccc2c(=O)n(-c3cccc(Cl)c3)c(=O)[nH]c12. The zero-order chi connectivity index (χ0) is 18.0. The Labute approximate surface area is 146 Å². The second kappa shape index (κ2) is 6.92. The fourth-order valence-corrected chi connectivity index (χ4v) is 2.73. The Kier molecular flexibility index (Phi) is 4.69. The number of benzene rings is 2. The molecule has 0 bridgehead atoms. The minimum absolute atomic E-state index is 0.0685. The van der Waals surface area contributed by atoms with Gasteiger partial charge in [-0.1, -0.05) is 23.7 Å². The zero-order valence-corrected chi connectivity index (χ0v) is 13.7. The molecule has 8 heteroatoms. The van der Waals surface area contributed by atoms with Crippen LogP contribution in [0.1, 0.15) is 10.4 Å². The number of aliphatic hydroxyl groups excluding tert-OH is 1. The quantitative estimate of drug-likeness (QED) is 0.647. The van der Waals surface area contributed by atoms with Crippen LogP contribution in [-0.4, -0.2) is 33.7 Å². The van der Waals surface area contributed by atoms with Crippen molar-refractivity contribution in [2.45, 2.75) is 0 Å². The van der Waals surface area contributed by atoms with Crippen molar-refractivity contribution in [1.29, 1.82) is 0 Å². The lowest BCUT2D eigenvalue weighted by molar-refractivity contribution is 0.0946. The number of para-hydroxylation sites is 1. The van der Waals surface area contributed by atoms with Crippen LogP contribution in [0.4, 0.5) is 0 Å². The molecule has 25 heavy (non-hydrogen) atoms. The van der Waals surface area contributed by atoms with Gasteiger partial charge in [-0.15, -0.1) is 0 Å². The van der Waals surface area contributed by atoms with E-state index in [0.717, 1.165) is 4.57 Å². The van der Waals surface area contributed by atoms with E-state index in [2.05, 4.69) is 10.3 Å². The van der Waals surface area contributed by atoms with E-state index in [1.807, 2.05) is 0 Å². The number of fused-ring (bicyclic) bond motifs is 1. The molecule has 0 fully saturated rings. The van der Waals surface area contributed by atoms with E-state index in [1.165, 1.54) is 18.2 Å².